The molecule has 0 aromatic heterocycles. The maximum atomic E-state index is 12.2. The fourth-order valence-corrected chi connectivity index (χ4v) is 2.41. The predicted molar refractivity (Wildman–Crippen MR) is 79.0 cm³/mol. The molecule has 2 aromatic rings. The second-order valence-electron chi connectivity index (χ2n) is 4.93. The lowest BCUT2D eigenvalue weighted by Gasteiger charge is -2.15. The summed E-state index contributed by atoms with van der Waals surface area (Å²) in [5.41, 5.74) is 2.48. The van der Waals surface area contributed by atoms with Gasteiger partial charge in [-0.3, -0.25) is 4.79 Å². The summed E-state index contributed by atoms with van der Waals surface area (Å²) in [5, 5.41) is 11.8. The molecule has 1 unspecified atom stereocenters. The number of hydrogen-bond donors (Lipinski definition) is 1. The third kappa shape index (κ3) is 2.87. The summed E-state index contributed by atoms with van der Waals surface area (Å²) in [6.07, 6.45) is 0.836. The standard InChI is InChI=1S/C17H14N2O2/c18-11-12-4-3-6-14(10-12)21-16-9-8-13-5-1-2-7-15(13)19-17(16)20/h1-7,10,16H,8-9H2,(H,19,20). The van der Waals surface area contributed by atoms with E-state index in [0.717, 1.165) is 17.7 Å². The minimum Gasteiger partial charge on any atom is -0.481 e. The van der Waals surface area contributed by atoms with Crippen LogP contribution in [0.15, 0.2) is 48.5 Å². The number of carbonyl (C=O) groups is 1. The van der Waals surface area contributed by atoms with E-state index < -0.39 is 6.10 Å². The number of nitrogens with zero attached hydrogens (tertiary/aromatic N) is 1. The van der Waals surface area contributed by atoms with E-state index in [-0.39, 0.29) is 5.91 Å². The number of rotatable bonds is 2. The van der Waals surface area contributed by atoms with Crippen LogP contribution >= 0.6 is 0 Å². The maximum Gasteiger partial charge on any atom is 0.265 e. The summed E-state index contributed by atoms with van der Waals surface area (Å²) >= 11 is 0. The predicted octanol–water partition coefficient (Wildman–Crippen LogP) is 2.89. The van der Waals surface area contributed by atoms with E-state index in [9.17, 15) is 4.79 Å². The summed E-state index contributed by atoms with van der Waals surface area (Å²) in [6.45, 7) is 0. The molecule has 1 N–H and O–H groups in total. The Morgan fingerprint density at radius 1 is 1.19 bits per heavy atom. The van der Waals surface area contributed by atoms with Gasteiger partial charge in [0, 0.05) is 5.69 Å². The second kappa shape index (κ2) is 5.68. The molecule has 0 bridgehead atoms. The molecule has 1 atom stereocenters. The molecular formula is C17H14N2O2. The topological polar surface area (TPSA) is 62.1 Å². The Labute approximate surface area is 123 Å². The molecule has 4 heteroatoms. The molecular weight excluding hydrogens is 264 g/mol. The number of para-hydroxylation sites is 1. The Morgan fingerprint density at radius 2 is 2.05 bits per heavy atom. The Hall–Kier alpha value is -2.80. The van der Waals surface area contributed by atoms with Gasteiger partial charge in [-0.1, -0.05) is 24.3 Å². The summed E-state index contributed by atoms with van der Waals surface area (Å²) in [6, 6.07) is 16.7. The van der Waals surface area contributed by atoms with Crippen LogP contribution in [0.25, 0.3) is 0 Å². The van der Waals surface area contributed by atoms with Crippen molar-refractivity contribution in [2.45, 2.75) is 18.9 Å². The van der Waals surface area contributed by atoms with Crippen LogP contribution in [0.1, 0.15) is 17.5 Å². The van der Waals surface area contributed by atoms with Gasteiger partial charge in [0.15, 0.2) is 6.10 Å². The number of nitrogens with one attached hydrogen (secondary N) is 1. The first kappa shape index (κ1) is 13.2. The van der Waals surface area contributed by atoms with E-state index in [1.807, 2.05) is 24.3 Å². The minimum atomic E-state index is -0.550. The first-order valence-electron chi connectivity index (χ1n) is 6.82. The molecule has 3 rings (SSSR count). The van der Waals surface area contributed by atoms with Gasteiger partial charge in [0.2, 0.25) is 0 Å². The van der Waals surface area contributed by atoms with Gasteiger partial charge in [0.25, 0.3) is 5.91 Å². The van der Waals surface area contributed by atoms with E-state index in [1.54, 1.807) is 24.3 Å². The highest BCUT2D eigenvalue weighted by Crippen LogP contribution is 2.24. The number of fused-ring (bicyclic) bond motifs is 1. The lowest BCUT2D eigenvalue weighted by Crippen LogP contribution is -2.31. The Bertz CT molecular complexity index is 719. The summed E-state index contributed by atoms with van der Waals surface area (Å²) in [7, 11) is 0. The number of anilines is 1. The lowest BCUT2D eigenvalue weighted by molar-refractivity contribution is -0.122. The van der Waals surface area contributed by atoms with Crippen molar-refractivity contribution in [3.8, 4) is 11.8 Å². The van der Waals surface area contributed by atoms with Crippen LogP contribution in [0.2, 0.25) is 0 Å². The van der Waals surface area contributed by atoms with Crippen molar-refractivity contribution in [3.63, 3.8) is 0 Å². The van der Waals surface area contributed by atoms with Crippen molar-refractivity contribution < 1.29 is 9.53 Å². The highest BCUT2D eigenvalue weighted by Gasteiger charge is 2.25. The van der Waals surface area contributed by atoms with Gasteiger partial charge in [0.1, 0.15) is 5.75 Å². The molecule has 0 saturated carbocycles. The summed E-state index contributed by atoms with van der Waals surface area (Å²) < 4.78 is 5.76. The van der Waals surface area contributed by atoms with E-state index in [4.69, 9.17) is 10.00 Å². The van der Waals surface area contributed by atoms with E-state index >= 15 is 0 Å². The first-order valence-corrected chi connectivity index (χ1v) is 6.82. The highest BCUT2D eigenvalue weighted by atomic mass is 16.5. The van der Waals surface area contributed by atoms with E-state index in [0.29, 0.717) is 17.7 Å². The molecule has 0 radical (unpaired) electrons. The quantitative estimate of drug-likeness (QED) is 0.918. The molecule has 0 spiro atoms. The average Bonchev–Trinajstić information content (AvgIpc) is 2.67. The second-order valence-corrected chi connectivity index (χ2v) is 4.93. The zero-order valence-electron chi connectivity index (χ0n) is 11.4. The fraction of sp³-hybridized carbons (Fsp3) is 0.176. The van der Waals surface area contributed by atoms with E-state index in [1.165, 1.54) is 0 Å². The molecule has 0 saturated heterocycles. The van der Waals surface area contributed by atoms with Crippen LogP contribution in [-0.2, 0) is 11.2 Å². The lowest BCUT2D eigenvalue weighted by atomic mass is 10.1. The number of benzene rings is 2. The van der Waals surface area contributed by atoms with Crippen molar-refractivity contribution >= 4 is 11.6 Å². The number of ether oxygens (including phenoxy) is 1. The van der Waals surface area contributed by atoms with Crippen LogP contribution in [0.3, 0.4) is 0 Å². The normalized spacial score (nSPS) is 17.1. The van der Waals surface area contributed by atoms with Crippen molar-refractivity contribution in [3.05, 3.63) is 59.7 Å². The number of aryl methyl sites for hydroxylation is 1. The van der Waals surface area contributed by atoms with Gasteiger partial charge in [0.05, 0.1) is 11.6 Å². The fourth-order valence-electron chi connectivity index (χ4n) is 2.41. The van der Waals surface area contributed by atoms with Gasteiger partial charge in [-0.25, -0.2) is 0 Å². The van der Waals surface area contributed by atoms with Crippen LogP contribution in [0.5, 0.6) is 5.75 Å². The third-order valence-corrected chi connectivity index (χ3v) is 3.49. The summed E-state index contributed by atoms with van der Waals surface area (Å²) in [5.74, 6) is 0.391. The van der Waals surface area contributed by atoms with Gasteiger partial charge in [-0.05, 0) is 42.7 Å². The summed E-state index contributed by atoms with van der Waals surface area (Å²) in [4.78, 5) is 12.2. The van der Waals surface area contributed by atoms with Crippen molar-refractivity contribution in [1.29, 1.82) is 5.26 Å². The molecule has 1 amide bonds. The molecule has 1 aliphatic heterocycles. The molecule has 0 fully saturated rings. The van der Waals surface area contributed by atoms with Crippen molar-refractivity contribution in [2.24, 2.45) is 0 Å². The van der Waals surface area contributed by atoms with E-state index in [2.05, 4.69) is 11.4 Å². The largest absolute Gasteiger partial charge is 0.481 e. The SMILES string of the molecule is N#Cc1cccc(OC2CCc3ccccc3NC2=O)c1. The third-order valence-electron chi connectivity index (χ3n) is 3.49. The Kier molecular flexibility index (Phi) is 3.57. The Morgan fingerprint density at radius 3 is 2.90 bits per heavy atom. The van der Waals surface area contributed by atoms with Crippen molar-refractivity contribution in [2.75, 3.05) is 5.32 Å². The molecule has 21 heavy (non-hydrogen) atoms. The molecule has 0 aliphatic carbocycles. The Balaban J connectivity index is 1.78. The molecule has 1 heterocycles. The molecule has 1 aliphatic rings. The minimum absolute atomic E-state index is 0.151. The van der Waals surface area contributed by atoms with Crippen molar-refractivity contribution in [1.82, 2.24) is 0 Å². The van der Waals surface area contributed by atoms with Crippen LogP contribution in [-0.4, -0.2) is 12.0 Å². The van der Waals surface area contributed by atoms with Gasteiger partial charge in [-0.15, -0.1) is 0 Å². The number of carbonyl (C=O) groups excluding carboxylic acids is 1. The number of amides is 1. The molecule has 104 valence electrons. The highest BCUT2D eigenvalue weighted by molar-refractivity contribution is 5.95. The zero-order chi connectivity index (χ0) is 14.7. The molecule has 4 nitrogen and oxygen atoms in total. The maximum absolute atomic E-state index is 12.2. The van der Waals surface area contributed by atoms with Gasteiger partial charge < -0.3 is 10.1 Å². The smallest absolute Gasteiger partial charge is 0.265 e. The van der Waals surface area contributed by atoms with Crippen LogP contribution in [0, 0.1) is 11.3 Å². The average molecular weight is 278 g/mol. The first-order chi connectivity index (χ1) is 10.3. The number of nitriles is 1. The van der Waals surface area contributed by atoms with Gasteiger partial charge >= 0.3 is 0 Å². The van der Waals surface area contributed by atoms with Gasteiger partial charge in [-0.2, -0.15) is 5.26 Å². The zero-order valence-corrected chi connectivity index (χ0v) is 11.4. The monoisotopic (exact) mass is 278 g/mol. The van der Waals surface area contributed by atoms with Crippen LogP contribution in [0.4, 0.5) is 5.69 Å². The molecule has 2 aromatic carbocycles. The number of hydrogen-bond acceptors (Lipinski definition) is 3. The van der Waals surface area contributed by atoms with Crippen LogP contribution < -0.4 is 10.1 Å².